The zero-order valence-corrected chi connectivity index (χ0v) is 19.2. The number of fused-ring (bicyclic) bond motifs is 1. The third-order valence-corrected chi connectivity index (χ3v) is 5.93. The van der Waals surface area contributed by atoms with Crippen molar-refractivity contribution in [2.24, 2.45) is 0 Å². The van der Waals surface area contributed by atoms with E-state index in [4.69, 9.17) is 21.1 Å². The maximum atomic E-state index is 12.4. The van der Waals surface area contributed by atoms with Crippen molar-refractivity contribution in [2.75, 3.05) is 13.7 Å². The van der Waals surface area contributed by atoms with E-state index in [1.807, 2.05) is 38.1 Å². The normalized spacial score (nSPS) is 10.7. The quantitative estimate of drug-likeness (QED) is 0.453. The second kappa shape index (κ2) is 10.3. The summed E-state index contributed by atoms with van der Waals surface area (Å²) in [6.07, 6.45) is -0.0551. The number of nitrogens with one attached hydrogen (secondary N) is 3. The number of hydrazine groups is 1. The van der Waals surface area contributed by atoms with Gasteiger partial charge in [-0.2, -0.15) is 0 Å². The first-order valence-electron chi connectivity index (χ1n) is 9.69. The van der Waals surface area contributed by atoms with Crippen LogP contribution in [0.3, 0.4) is 0 Å². The summed E-state index contributed by atoms with van der Waals surface area (Å²) in [7, 11) is 1.47. The Balaban J connectivity index is 1.53. The lowest BCUT2D eigenvalue weighted by atomic mass is 10.2. The van der Waals surface area contributed by atoms with Crippen molar-refractivity contribution < 1.29 is 23.9 Å². The molecule has 1 heterocycles. The highest BCUT2D eigenvalue weighted by atomic mass is 35.5. The maximum absolute atomic E-state index is 12.4. The Labute approximate surface area is 193 Å². The van der Waals surface area contributed by atoms with Crippen molar-refractivity contribution in [3.63, 3.8) is 0 Å². The minimum Gasteiger partial charge on any atom is -0.493 e. The fraction of sp³-hybridized carbons (Fsp3) is 0.227. The van der Waals surface area contributed by atoms with Crippen molar-refractivity contribution in [3.8, 4) is 11.5 Å². The summed E-state index contributed by atoms with van der Waals surface area (Å²) >= 11 is 7.51. The molecule has 0 aliphatic heterocycles. The van der Waals surface area contributed by atoms with Gasteiger partial charge in [0.2, 0.25) is 0 Å². The number of hydrogen-bond donors (Lipinski definition) is 3. The zero-order chi connectivity index (χ0) is 23.3. The molecule has 0 radical (unpaired) electrons. The number of amides is 3. The van der Waals surface area contributed by atoms with Crippen LogP contribution in [0.1, 0.15) is 33.9 Å². The molecule has 0 aliphatic rings. The minimum absolute atomic E-state index is 0.0551. The van der Waals surface area contributed by atoms with Crippen molar-refractivity contribution >= 4 is 50.7 Å². The van der Waals surface area contributed by atoms with E-state index >= 15 is 0 Å². The fourth-order valence-electron chi connectivity index (χ4n) is 2.80. The van der Waals surface area contributed by atoms with Crippen LogP contribution in [0.2, 0.25) is 5.02 Å². The van der Waals surface area contributed by atoms with E-state index < -0.39 is 17.7 Å². The summed E-state index contributed by atoms with van der Waals surface area (Å²) in [5, 5.41) is 3.62. The Hall–Kier alpha value is -3.30. The lowest BCUT2D eigenvalue weighted by Gasteiger charge is -2.14. The topological polar surface area (TPSA) is 106 Å². The van der Waals surface area contributed by atoms with E-state index in [9.17, 15) is 14.4 Å². The summed E-state index contributed by atoms with van der Waals surface area (Å²) in [5.41, 5.74) is 4.82. The number of ether oxygens (including phenoxy) is 2. The molecule has 0 fully saturated rings. The molecule has 168 valence electrons. The molecular weight excluding hydrogens is 454 g/mol. The summed E-state index contributed by atoms with van der Waals surface area (Å²) in [6, 6.07) is 12.0. The van der Waals surface area contributed by atoms with E-state index in [1.165, 1.54) is 24.5 Å². The van der Waals surface area contributed by atoms with Gasteiger partial charge in [-0.25, -0.2) is 0 Å². The SMILES string of the molecule is COc1cc(C(=O)NNC(=O)CNC(=O)c2sc3ccccc3c2Cl)ccc1OC(C)C. The van der Waals surface area contributed by atoms with Crippen molar-refractivity contribution in [2.45, 2.75) is 20.0 Å². The highest BCUT2D eigenvalue weighted by Gasteiger charge is 2.18. The highest BCUT2D eigenvalue weighted by molar-refractivity contribution is 7.21. The zero-order valence-electron chi connectivity index (χ0n) is 17.7. The number of carbonyl (C=O) groups excluding carboxylic acids is 3. The molecular formula is C22H22ClN3O5S. The number of methoxy groups -OCH3 is 1. The molecule has 3 N–H and O–H groups in total. The van der Waals surface area contributed by atoms with Gasteiger partial charge in [0, 0.05) is 15.6 Å². The van der Waals surface area contributed by atoms with Gasteiger partial charge in [-0.1, -0.05) is 29.8 Å². The molecule has 3 amide bonds. The lowest BCUT2D eigenvalue weighted by Crippen LogP contribution is -2.46. The summed E-state index contributed by atoms with van der Waals surface area (Å²) < 4.78 is 11.7. The molecule has 0 saturated heterocycles. The van der Waals surface area contributed by atoms with Crippen LogP contribution in [0.25, 0.3) is 10.1 Å². The molecule has 2 aromatic carbocycles. The van der Waals surface area contributed by atoms with Gasteiger partial charge in [-0.15, -0.1) is 11.3 Å². The average molecular weight is 476 g/mol. The van der Waals surface area contributed by atoms with Gasteiger partial charge in [0.05, 0.1) is 24.8 Å². The Kier molecular flexibility index (Phi) is 7.55. The van der Waals surface area contributed by atoms with Gasteiger partial charge >= 0.3 is 0 Å². The molecule has 0 aliphatic carbocycles. The predicted octanol–water partition coefficient (Wildman–Crippen LogP) is 3.54. The fourth-order valence-corrected chi connectivity index (χ4v) is 4.24. The Morgan fingerprint density at radius 1 is 1.03 bits per heavy atom. The van der Waals surface area contributed by atoms with Crippen LogP contribution < -0.4 is 25.6 Å². The molecule has 3 aromatic rings. The molecule has 3 rings (SSSR count). The molecule has 10 heteroatoms. The maximum Gasteiger partial charge on any atom is 0.269 e. The van der Waals surface area contributed by atoms with Gasteiger partial charge in [0.25, 0.3) is 17.7 Å². The van der Waals surface area contributed by atoms with Crippen molar-refractivity contribution in [1.29, 1.82) is 0 Å². The van der Waals surface area contributed by atoms with Crippen LogP contribution in [0.5, 0.6) is 11.5 Å². The van der Waals surface area contributed by atoms with E-state index in [2.05, 4.69) is 16.2 Å². The molecule has 1 aromatic heterocycles. The number of halogens is 1. The molecule has 0 bridgehead atoms. The Bertz CT molecular complexity index is 1160. The van der Waals surface area contributed by atoms with Gasteiger partial charge in [-0.3, -0.25) is 25.2 Å². The first-order valence-corrected chi connectivity index (χ1v) is 10.9. The van der Waals surface area contributed by atoms with Crippen LogP contribution in [-0.2, 0) is 4.79 Å². The molecule has 32 heavy (non-hydrogen) atoms. The average Bonchev–Trinajstić information content (AvgIpc) is 3.12. The first kappa shape index (κ1) is 23.4. The van der Waals surface area contributed by atoms with Crippen molar-refractivity contribution in [3.05, 3.63) is 57.9 Å². The molecule has 0 spiro atoms. The molecule has 0 unspecified atom stereocenters. The predicted molar refractivity (Wildman–Crippen MR) is 124 cm³/mol. The monoisotopic (exact) mass is 475 g/mol. The van der Waals surface area contributed by atoms with Gasteiger partial charge in [0.1, 0.15) is 4.88 Å². The second-order valence-electron chi connectivity index (χ2n) is 6.96. The van der Waals surface area contributed by atoms with Crippen LogP contribution in [0.15, 0.2) is 42.5 Å². The standard InChI is InChI=1S/C22H22ClN3O5S/c1-12(2)31-15-9-8-13(10-16(15)30-3)21(28)26-25-18(27)11-24-22(29)20-19(23)14-6-4-5-7-17(14)32-20/h4-10,12H,11H2,1-3H3,(H,24,29)(H,25,27)(H,26,28). The first-order chi connectivity index (χ1) is 15.3. The number of rotatable bonds is 7. The van der Waals surface area contributed by atoms with Crippen LogP contribution in [-0.4, -0.2) is 37.5 Å². The third kappa shape index (κ3) is 5.49. The number of thiophene rings is 1. The summed E-state index contributed by atoms with van der Waals surface area (Å²) in [6.45, 7) is 3.42. The smallest absolute Gasteiger partial charge is 0.269 e. The van der Waals surface area contributed by atoms with Crippen molar-refractivity contribution in [1.82, 2.24) is 16.2 Å². The van der Waals surface area contributed by atoms with Crippen LogP contribution >= 0.6 is 22.9 Å². The van der Waals surface area contributed by atoms with Gasteiger partial charge in [-0.05, 0) is 38.1 Å². The van der Waals surface area contributed by atoms with Crippen LogP contribution in [0.4, 0.5) is 0 Å². The largest absolute Gasteiger partial charge is 0.493 e. The van der Waals surface area contributed by atoms with Gasteiger partial charge in [0.15, 0.2) is 11.5 Å². The molecule has 0 saturated carbocycles. The second-order valence-corrected chi connectivity index (χ2v) is 8.39. The Morgan fingerprint density at radius 2 is 1.78 bits per heavy atom. The van der Waals surface area contributed by atoms with E-state index in [1.54, 1.807) is 12.1 Å². The van der Waals surface area contributed by atoms with E-state index in [0.29, 0.717) is 21.4 Å². The highest BCUT2D eigenvalue weighted by Crippen LogP contribution is 2.35. The summed E-state index contributed by atoms with van der Waals surface area (Å²) in [5.74, 6) is -0.721. The van der Waals surface area contributed by atoms with Gasteiger partial charge < -0.3 is 14.8 Å². The Morgan fingerprint density at radius 3 is 2.47 bits per heavy atom. The minimum atomic E-state index is -0.601. The lowest BCUT2D eigenvalue weighted by molar-refractivity contribution is -0.120. The van der Waals surface area contributed by atoms with E-state index in [0.717, 1.165) is 10.1 Å². The molecule has 0 atom stereocenters. The summed E-state index contributed by atoms with van der Waals surface area (Å²) in [4.78, 5) is 37.1. The third-order valence-electron chi connectivity index (χ3n) is 4.25. The number of hydrogen-bond acceptors (Lipinski definition) is 6. The number of benzene rings is 2. The molecule has 8 nitrogen and oxygen atoms in total. The van der Waals surface area contributed by atoms with E-state index in [-0.39, 0.29) is 18.2 Å². The van der Waals surface area contributed by atoms with Crippen LogP contribution in [0, 0.1) is 0 Å². The number of carbonyl (C=O) groups is 3.